The SMILES string of the molecule is CCOC(=O)C(Br)c1cc(F)ccc1F. The molecule has 1 aromatic rings. The number of esters is 1. The minimum absolute atomic E-state index is 0.0616. The van der Waals surface area contributed by atoms with E-state index in [1.807, 2.05) is 0 Å². The van der Waals surface area contributed by atoms with Gasteiger partial charge in [-0.25, -0.2) is 8.78 Å². The van der Waals surface area contributed by atoms with Crippen LogP contribution >= 0.6 is 15.9 Å². The van der Waals surface area contributed by atoms with Gasteiger partial charge in [-0.15, -0.1) is 0 Å². The second-order valence-electron chi connectivity index (χ2n) is 2.78. The number of hydrogen-bond acceptors (Lipinski definition) is 2. The molecule has 0 N–H and O–H groups in total. The lowest BCUT2D eigenvalue weighted by molar-refractivity contribution is -0.142. The highest BCUT2D eigenvalue weighted by atomic mass is 79.9. The standard InChI is InChI=1S/C10H9BrF2O2/c1-2-15-10(14)9(11)7-5-6(12)3-4-8(7)13/h3-5,9H,2H2,1H3. The summed E-state index contributed by atoms with van der Waals surface area (Å²) in [6, 6.07) is 2.92. The molecule has 1 atom stereocenters. The fourth-order valence-corrected chi connectivity index (χ4v) is 1.53. The molecule has 0 bridgehead atoms. The van der Waals surface area contributed by atoms with Crippen LogP contribution in [0.4, 0.5) is 8.78 Å². The zero-order valence-electron chi connectivity index (χ0n) is 7.97. The van der Waals surface area contributed by atoms with Crippen LogP contribution in [-0.4, -0.2) is 12.6 Å². The van der Waals surface area contributed by atoms with Crippen LogP contribution in [0.1, 0.15) is 17.3 Å². The van der Waals surface area contributed by atoms with Crippen molar-refractivity contribution in [2.45, 2.75) is 11.8 Å². The molecule has 0 amide bonds. The minimum Gasteiger partial charge on any atom is -0.465 e. The van der Waals surface area contributed by atoms with Crippen LogP contribution in [0.5, 0.6) is 0 Å². The molecular formula is C10H9BrF2O2. The first-order valence-corrected chi connectivity index (χ1v) is 5.23. The van der Waals surface area contributed by atoms with Gasteiger partial charge in [-0.05, 0) is 25.1 Å². The molecule has 0 aliphatic heterocycles. The lowest BCUT2D eigenvalue weighted by atomic mass is 10.1. The normalized spacial score (nSPS) is 12.3. The molecule has 0 spiro atoms. The second kappa shape index (κ2) is 5.21. The maximum absolute atomic E-state index is 13.2. The molecule has 0 aliphatic carbocycles. The van der Waals surface area contributed by atoms with Crippen LogP contribution in [0.2, 0.25) is 0 Å². The van der Waals surface area contributed by atoms with E-state index in [0.29, 0.717) is 0 Å². The third-order valence-electron chi connectivity index (χ3n) is 1.72. The van der Waals surface area contributed by atoms with Crippen LogP contribution in [0.3, 0.4) is 0 Å². The Morgan fingerprint density at radius 3 is 2.80 bits per heavy atom. The average molecular weight is 279 g/mol. The minimum atomic E-state index is -0.979. The van der Waals surface area contributed by atoms with E-state index in [-0.39, 0.29) is 12.2 Å². The Morgan fingerprint density at radius 1 is 1.53 bits per heavy atom. The molecule has 0 saturated heterocycles. The Labute approximate surface area is 94.4 Å². The average Bonchev–Trinajstić information content (AvgIpc) is 2.21. The molecular weight excluding hydrogens is 270 g/mol. The van der Waals surface area contributed by atoms with Crippen LogP contribution < -0.4 is 0 Å². The molecule has 0 fully saturated rings. The van der Waals surface area contributed by atoms with Gasteiger partial charge in [0.15, 0.2) is 0 Å². The summed E-state index contributed by atoms with van der Waals surface area (Å²) in [5.74, 6) is -1.88. The Hall–Kier alpha value is -0.970. The summed E-state index contributed by atoms with van der Waals surface area (Å²) >= 11 is 2.96. The smallest absolute Gasteiger partial charge is 0.324 e. The van der Waals surface area contributed by atoms with Crippen molar-refractivity contribution in [2.75, 3.05) is 6.61 Å². The van der Waals surface area contributed by atoms with E-state index in [0.717, 1.165) is 18.2 Å². The van der Waals surface area contributed by atoms with Crippen molar-refractivity contribution in [3.63, 3.8) is 0 Å². The van der Waals surface area contributed by atoms with E-state index in [2.05, 4.69) is 20.7 Å². The molecule has 5 heteroatoms. The fourth-order valence-electron chi connectivity index (χ4n) is 1.05. The Morgan fingerprint density at radius 2 is 2.20 bits per heavy atom. The van der Waals surface area contributed by atoms with Gasteiger partial charge >= 0.3 is 5.97 Å². The van der Waals surface area contributed by atoms with Gasteiger partial charge in [-0.3, -0.25) is 4.79 Å². The second-order valence-corrected chi connectivity index (χ2v) is 3.70. The Kier molecular flexibility index (Phi) is 4.20. The fraction of sp³-hybridized carbons (Fsp3) is 0.300. The zero-order chi connectivity index (χ0) is 11.4. The van der Waals surface area contributed by atoms with Crippen LogP contribution in [-0.2, 0) is 9.53 Å². The number of benzene rings is 1. The Balaban J connectivity index is 2.94. The summed E-state index contributed by atoms with van der Waals surface area (Å²) in [6.07, 6.45) is 0. The predicted molar refractivity (Wildman–Crippen MR) is 54.7 cm³/mol. The number of hydrogen-bond donors (Lipinski definition) is 0. The first kappa shape index (κ1) is 12.1. The molecule has 0 radical (unpaired) electrons. The molecule has 1 aromatic carbocycles. The molecule has 0 aromatic heterocycles. The quantitative estimate of drug-likeness (QED) is 0.628. The highest BCUT2D eigenvalue weighted by Gasteiger charge is 2.22. The first-order valence-electron chi connectivity index (χ1n) is 4.32. The molecule has 82 valence electrons. The number of halogens is 3. The lowest BCUT2D eigenvalue weighted by Gasteiger charge is -2.10. The number of alkyl halides is 1. The topological polar surface area (TPSA) is 26.3 Å². The van der Waals surface area contributed by atoms with Gasteiger partial charge in [0, 0.05) is 5.56 Å². The van der Waals surface area contributed by atoms with Crippen molar-refractivity contribution in [3.8, 4) is 0 Å². The maximum Gasteiger partial charge on any atom is 0.324 e. The molecule has 1 rings (SSSR count). The van der Waals surface area contributed by atoms with Gasteiger partial charge in [0.25, 0.3) is 0 Å². The van der Waals surface area contributed by atoms with Gasteiger partial charge in [0.1, 0.15) is 16.5 Å². The van der Waals surface area contributed by atoms with E-state index in [9.17, 15) is 13.6 Å². The molecule has 0 heterocycles. The summed E-state index contributed by atoms with van der Waals surface area (Å²) < 4.78 is 30.7. The number of rotatable bonds is 3. The summed E-state index contributed by atoms with van der Waals surface area (Å²) in [6.45, 7) is 1.83. The van der Waals surface area contributed by atoms with Gasteiger partial charge in [0.2, 0.25) is 0 Å². The van der Waals surface area contributed by atoms with E-state index in [1.54, 1.807) is 6.92 Å². The van der Waals surface area contributed by atoms with Gasteiger partial charge in [0.05, 0.1) is 6.61 Å². The van der Waals surface area contributed by atoms with Gasteiger partial charge in [-0.2, -0.15) is 0 Å². The van der Waals surface area contributed by atoms with Crippen molar-refractivity contribution >= 4 is 21.9 Å². The van der Waals surface area contributed by atoms with E-state index in [1.165, 1.54) is 0 Å². The number of carbonyl (C=O) groups is 1. The van der Waals surface area contributed by atoms with Crippen molar-refractivity contribution in [3.05, 3.63) is 35.4 Å². The molecule has 1 unspecified atom stereocenters. The first-order chi connectivity index (χ1) is 7.06. The monoisotopic (exact) mass is 278 g/mol. The van der Waals surface area contributed by atoms with Crippen LogP contribution in [0, 0.1) is 11.6 Å². The molecule has 0 saturated carbocycles. The summed E-state index contributed by atoms with van der Waals surface area (Å²) in [5.41, 5.74) is -0.0616. The summed E-state index contributed by atoms with van der Waals surface area (Å²) in [7, 11) is 0. The third kappa shape index (κ3) is 2.99. The van der Waals surface area contributed by atoms with Crippen LogP contribution in [0.25, 0.3) is 0 Å². The number of ether oxygens (including phenoxy) is 1. The van der Waals surface area contributed by atoms with E-state index in [4.69, 9.17) is 0 Å². The van der Waals surface area contributed by atoms with Crippen molar-refractivity contribution in [1.29, 1.82) is 0 Å². The van der Waals surface area contributed by atoms with Crippen molar-refractivity contribution in [1.82, 2.24) is 0 Å². The van der Waals surface area contributed by atoms with Crippen molar-refractivity contribution < 1.29 is 18.3 Å². The highest BCUT2D eigenvalue weighted by Crippen LogP contribution is 2.27. The number of carbonyl (C=O) groups excluding carboxylic acids is 1. The predicted octanol–water partition coefficient (Wildman–Crippen LogP) is 2.96. The summed E-state index contributed by atoms with van der Waals surface area (Å²) in [5, 5.41) is 0. The van der Waals surface area contributed by atoms with Gasteiger partial charge in [-0.1, -0.05) is 15.9 Å². The van der Waals surface area contributed by atoms with Crippen LogP contribution in [0.15, 0.2) is 18.2 Å². The Bertz CT molecular complexity index is 368. The summed E-state index contributed by atoms with van der Waals surface area (Å²) in [4.78, 5) is 10.3. The lowest BCUT2D eigenvalue weighted by Crippen LogP contribution is -2.12. The molecule has 15 heavy (non-hydrogen) atoms. The maximum atomic E-state index is 13.2. The van der Waals surface area contributed by atoms with Crippen molar-refractivity contribution in [2.24, 2.45) is 0 Å². The largest absolute Gasteiger partial charge is 0.465 e. The van der Waals surface area contributed by atoms with Gasteiger partial charge < -0.3 is 4.74 Å². The molecule has 0 aliphatic rings. The van der Waals surface area contributed by atoms with E-state index < -0.39 is 22.4 Å². The van der Waals surface area contributed by atoms with E-state index >= 15 is 0 Å². The zero-order valence-corrected chi connectivity index (χ0v) is 9.55. The third-order valence-corrected chi connectivity index (χ3v) is 2.59. The highest BCUT2D eigenvalue weighted by molar-refractivity contribution is 9.09. The molecule has 2 nitrogen and oxygen atoms in total.